The number of nitrogens with zero attached hydrogens (tertiary/aromatic N) is 2. The number of carbonyl (C=O) groups excluding carboxylic acids is 1. The number of aromatic nitrogens is 1. The number of amides is 1. The molecule has 0 radical (unpaired) electrons. The molecule has 0 aromatic carbocycles. The summed E-state index contributed by atoms with van der Waals surface area (Å²) in [7, 11) is 1.87. The maximum atomic E-state index is 12.3. The largest absolute Gasteiger partial charge is 0.385 e. The molecule has 1 fully saturated rings. The van der Waals surface area contributed by atoms with E-state index in [0.29, 0.717) is 11.6 Å². The number of hydrogen-bond donors (Lipinski definition) is 1. The van der Waals surface area contributed by atoms with Gasteiger partial charge >= 0.3 is 0 Å². The van der Waals surface area contributed by atoms with E-state index in [4.69, 9.17) is 0 Å². The minimum absolute atomic E-state index is 0.0657. The van der Waals surface area contributed by atoms with Crippen LogP contribution in [0.5, 0.6) is 0 Å². The summed E-state index contributed by atoms with van der Waals surface area (Å²) in [5.74, 6) is 0.0657. The lowest BCUT2D eigenvalue weighted by molar-refractivity contribution is 0.0785. The highest BCUT2D eigenvalue weighted by Crippen LogP contribution is 2.28. The van der Waals surface area contributed by atoms with Crippen LogP contribution in [0, 0.1) is 6.92 Å². The summed E-state index contributed by atoms with van der Waals surface area (Å²) in [6.07, 6.45) is 3.92. The van der Waals surface area contributed by atoms with Crippen molar-refractivity contribution in [3.05, 3.63) is 23.5 Å². The molecule has 1 aromatic rings. The van der Waals surface area contributed by atoms with Crippen molar-refractivity contribution in [3.8, 4) is 0 Å². The van der Waals surface area contributed by atoms with E-state index < -0.39 is 0 Å². The van der Waals surface area contributed by atoms with Gasteiger partial charge in [0, 0.05) is 31.5 Å². The number of rotatable bonds is 4. The fraction of sp³-hybridized carbons (Fsp3) is 0.538. The van der Waals surface area contributed by atoms with E-state index in [9.17, 15) is 4.79 Å². The number of carbonyl (C=O) groups is 1. The van der Waals surface area contributed by atoms with Gasteiger partial charge in [0.1, 0.15) is 0 Å². The number of aryl methyl sites for hydroxylation is 1. The van der Waals surface area contributed by atoms with Crippen molar-refractivity contribution < 1.29 is 4.79 Å². The Kier molecular flexibility index (Phi) is 3.31. The zero-order valence-corrected chi connectivity index (χ0v) is 10.7. The van der Waals surface area contributed by atoms with E-state index in [1.807, 2.05) is 31.9 Å². The Labute approximate surface area is 102 Å². The monoisotopic (exact) mass is 233 g/mol. The van der Waals surface area contributed by atoms with Gasteiger partial charge in [-0.25, -0.2) is 0 Å². The predicted octanol–water partition coefficient (Wildman–Crippen LogP) is 2.06. The lowest BCUT2D eigenvalue weighted by Gasteiger charge is -2.18. The third-order valence-electron chi connectivity index (χ3n) is 3.05. The second kappa shape index (κ2) is 4.73. The van der Waals surface area contributed by atoms with Crippen LogP contribution in [-0.2, 0) is 0 Å². The molecule has 1 aliphatic rings. The molecule has 1 amide bonds. The molecule has 2 rings (SSSR count). The number of anilines is 1. The van der Waals surface area contributed by atoms with Crippen molar-refractivity contribution >= 4 is 11.6 Å². The average Bonchev–Trinajstić information content (AvgIpc) is 3.12. The highest BCUT2D eigenvalue weighted by molar-refractivity contribution is 5.99. The van der Waals surface area contributed by atoms with Gasteiger partial charge in [-0.05, 0) is 32.8 Å². The predicted molar refractivity (Wildman–Crippen MR) is 68.3 cm³/mol. The molecule has 17 heavy (non-hydrogen) atoms. The smallest absolute Gasteiger partial charge is 0.257 e. The van der Waals surface area contributed by atoms with Crippen LogP contribution in [-0.4, -0.2) is 35.4 Å². The topological polar surface area (TPSA) is 45.2 Å². The van der Waals surface area contributed by atoms with Crippen molar-refractivity contribution in [2.75, 3.05) is 18.9 Å². The van der Waals surface area contributed by atoms with Crippen LogP contribution >= 0.6 is 0 Å². The van der Waals surface area contributed by atoms with Crippen LogP contribution in [0.4, 0.5) is 5.69 Å². The Balaban J connectivity index is 2.26. The quantitative estimate of drug-likeness (QED) is 0.865. The van der Waals surface area contributed by atoms with E-state index in [-0.39, 0.29) is 5.91 Å². The van der Waals surface area contributed by atoms with Gasteiger partial charge in [0.05, 0.1) is 11.3 Å². The van der Waals surface area contributed by atoms with Gasteiger partial charge in [0.2, 0.25) is 0 Å². The van der Waals surface area contributed by atoms with Gasteiger partial charge in [-0.15, -0.1) is 0 Å². The van der Waals surface area contributed by atoms with Crippen molar-refractivity contribution in [2.24, 2.45) is 0 Å². The fourth-order valence-corrected chi connectivity index (χ4v) is 1.88. The van der Waals surface area contributed by atoms with Crippen LogP contribution in [0.2, 0.25) is 0 Å². The van der Waals surface area contributed by atoms with Gasteiger partial charge < -0.3 is 10.2 Å². The summed E-state index contributed by atoms with van der Waals surface area (Å²) in [5, 5.41) is 3.22. The van der Waals surface area contributed by atoms with Crippen LogP contribution in [0.25, 0.3) is 0 Å². The van der Waals surface area contributed by atoms with E-state index >= 15 is 0 Å². The molecule has 0 spiro atoms. The van der Waals surface area contributed by atoms with E-state index in [2.05, 4.69) is 10.3 Å². The number of hydrogen-bond acceptors (Lipinski definition) is 3. The Hall–Kier alpha value is -1.58. The van der Waals surface area contributed by atoms with E-state index in [0.717, 1.165) is 30.8 Å². The molecule has 0 aliphatic heterocycles. The highest BCUT2D eigenvalue weighted by Gasteiger charge is 2.31. The first-order valence-corrected chi connectivity index (χ1v) is 6.11. The molecule has 0 saturated heterocycles. The van der Waals surface area contributed by atoms with Gasteiger partial charge in [-0.3, -0.25) is 9.78 Å². The molecule has 1 saturated carbocycles. The van der Waals surface area contributed by atoms with Crippen molar-refractivity contribution in [1.29, 1.82) is 0 Å². The van der Waals surface area contributed by atoms with Gasteiger partial charge in [-0.1, -0.05) is 0 Å². The van der Waals surface area contributed by atoms with Crippen LogP contribution in [0.15, 0.2) is 12.3 Å². The molecule has 1 heterocycles. The van der Waals surface area contributed by atoms with Crippen LogP contribution in [0.3, 0.4) is 0 Å². The lowest BCUT2D eigenvalue weighted by Crippen LogP contribution is -2.29. The minimum Gasteiger partial charge on any atom is -0.385 e. The van der Waals surface area contributed by atoms with E-state index in [1.54, 1.807) is 6.20 Å². The second-order valence-corrected chi connectivity index (χ2v) is 4.55. The molecule has 1 aliphatic carbocycles. The van der Waals surface area contributed by atoms with Crippen LogP contribution in [0.1, 0.15) is 35.8 Å². The number of nitrogens with one attached hydrogen (secondary N) is 1. The Bertz CT molecular complexity index is 427. The second-order valence-electron chi connectivity index (χ2n) is 4.55. The van der Waals surface area contributed by atoms with Gasteiger partial charge in [-0.2, -0.15) is 0 Å². The van der Waals surface area contributed by atoms with E-state index in [1.165, 1.54) is 0 Å². The molecule has 1 N–H and O–H groups in total. The summed E-state index contributed by atoms with van der Waals surface area (Å²) >= 11 is 0. The molecular formula is C13H19N3O. The van der Waals surface area contributed by atoms with Crippen molar-refractivity contribution in [3.63, 3.8) is 0 Å². The normalized spacial score (nSPS) is 14.5. The standard InChI is InChI=1S/C13H19N3O/c1-4-14-12-7-9(2)15-8-11(12)13(17)16(3)10-5-6-10/h7-8,10H,4-6H2,1-3H3,(H,14,15). The third-order valence-corrected chi connectivity index (χ3v) is 3.05. The van der Waals surface area contributed by atoms with Crippen LogP contribution < -0.4 is 5.32 Å². The summed E-state index contributed by atoms with van der Waals surface area (Å²) in [5.41, 5.74) is 2.48. The molecule has 92 valence electrons. The van der Waals surface area contributed by atoms with Crippen molar-refractivity contribution in [1.82, 2.24) is 9.88 Å². The molecule has 4 heteroatoms. The molecule has 0 unspecified atom stereocenters. The zero-order chi connectivity index (χ0) is 12.4. The minimum atomic E-state index is 0.0657. The molecule has 1 aromatic heterocycles. The fourth-order valence-electron chi connectivity index (χ4n) is 1.88. The summed E-state index contributed by atoms with van der Waals surface area (Å²) in [6, 6.07) is 2.36. The average molecular weight is 233 g/mol. The maximum Gasteiger partial charge on any atom is 0.257 e. The zero-order valence-electron chi connectivity index (χ0n) is 10.7. The van der Waals surface area contributed by atoms with Gasteiger partial charge in [0.25, 0.3) is 5.91 Å². The SMILES string of the molecule is CCNc1cc(C)ncc1C(=O)N(C)C1CC1. The number of pyridine rings is 1. The Morgan fingerprint density at radius 1 is 1.59 bits per heavy atom. The third kappa shape index (κ3) is 2.57. The summed E-state index contributed by atoms with van der Waals surface area (Å²) in [6.45, 7) is 4.76. The maximum absolute atomic E-state index is 12.3. The first-order chi connectivity index (χ1) is 8.13. The highest BCUT2D eigenvalue weighted by atomic mass is 16.2. The van der Waals surface area contributed by atoms with Gasteiger partial charge in [0.15, 0.2) is 0 Å². The van der Waals surface area contributed by atoms with Crippen molar-refractivity contribution in [2.45, 2.75) is 32.7 Å². The molecule has 0 atom stereocenters. The molecule has 4 nitrogen and oxygen atoms in total. The molecular weight excluding hydrogens is 214 g/mol. The Morgan fingerprint density at radius 2 is 2.29 bits per heavy atom. The summed E-state index contributed by atoms with van der Waals surface area (Å²) in [4.78, 5) is 18.3. The summed E-state index contributed by atoms with van der Waals surface area (Å²) < 4.78 is 0. The molecule has 0 bridgehead atoms. The lowest BCUT2D eigenvalue weighted by atomic mass is 10.2. The Morgan fingerprint density at radius 3 is 2.88 bits per heavy atom. The first kappa shape index (κ1) is 11.9. The first-order valence-electron chi connectivity index (χ1n) is 6.11.